The Kier molecular flexibility index (Phi) is 13.1. The van der Waals surface area contributed by atoms with Gasteiger partial charge >= 0.3 is 0 Å². The highest BCUT2D eigenvalue weighted by atomic mass is 16.1. The Bertz CT molecular complexity index is 199. The smallest absolute Gasteiger partial charge is 0.162 e. The lowest BCUT2D eigenvalue weighted by Gasteiger charge is -1.96. The van der Waals surface area contributed by atoms with Crippen LogP contribution in [0.4, 0.5) is 0 Å². The minimum Gasteiger partial charge on any atom is -0.294 e. The SMILES string of the molecule is C=C/C=C\C(=C)C(=O)CCCC.CC. The quantitative estimate of drug-likeness (QED) is 0.460. The Hall–Kier alpha value is -1.11. The molecule has 0 spiro atoms. The molecule has 1 heteroatoms. The third kappa shape index (κ3) is 8.98. The molecule has 0 aromatic rings. The number of ketones is 1. The normalized spacial score (nSPS) is 9.07. The van der Waals surface area contributed by atoms with Gasteiger partial charge in [0.25, 0.3) is 0 Å². The largest absolute Gasteiger partial charge is 0.294 e. The second-order valence-corrected chi connectivity index (χ2v) is 2.65. The molecular weight excluding hydrogens is 172 g/mol. The zero-order valence-electron chi connectivity index (χ0n) is 9.68. The van der Waals surface area contributed by atoms with Gasteiger partial charge in [-0.3, -0.25) is 4.79 Å². The van der Waals surface area contributed by atoms with Crippen molar-refractivity contribution in [2.24, 2.45) is 0 Å². The maximum absolute atomic E-state index is 11.2. The lowest BCUT2D eigenvalue weighted by Crippen LogP contribution is -1.98. The van der Waals surface area contributed by atoms with E-state index in [-0.39, 0.29) is 5.78 Å². The second-order valence-electron chi connectivity index (χ2n) is 2.65. The lowest BCUT2D eigenvalue weighted by atomic mass is 10.1. The Labute approximate surface area is 88.2 Å². The maximum atomic E-state index is 11.2. The summed E-state index contributed by atoms with van der Waals surface area (Å²) in [6, 6.07) is 0. The molecular formula is C13H22O. The molecule has 0 aliphatic heterocycles. The zero-order valence-corrected chi connectivity index (χ0v) is 9.68. The molecule has 0 saturated heterocycles. The third-order valence-corrected chi connectivity index (χ3v) is 1.55. The second kappa shape index (κ2) is 11.9. The zero-order chi connectivity index (χ0) is 11.4. The van der Waals surface area contributed by atoms with Crippen molar-refractivity contribution in [2.75, 3.05) is 0 Å². The predicted molar refractivity (Wildman–Crippen MR) is 64.4 cm³/mol. The molecule has 0 aliphatic carbocycles. The van der Waals surface area contributed by atoms with Gasteiger partial charge in [-0.1, -0.05) is 58.6 Å². The number of carbonyl (C=O) groups is 1. The van der Waals surface area contributed by atoms with Gasteiger partial charge in [-0.15, -0.1) is 0 Å². The highest BCUT2D eigenvalue weighted by Crippen LogP contribution is 2.03. The van der Waals surface area contributed by atoms with Crippen LogP contribution in [-0.4, -0.2) is 5.78 Å². The van der Waals surface area contributed by atoms with Crippen LogP contribution in [0.25, 0.3) is 0 Å². The van der Waals surface area contributed by atoms with Crippen LogP contribution in [0, 0.1) is 0 Å². The number of hydrogen-bond acceptors (Lipinski definition) is 1. The molecule has 0 bridgehead atoms. The van der Waals surface area contributed by atoms with Crippen molar-refractivity contribution in [1.82, 2.24) is 0 Å². The van der Waals surface area contributed by atoms with Crippen LogP contribution in [0.1, 0.15) is 40.0 Å². The van der Waals surface area contributed by atoms with E-state index in [4.69, 9.17) is 0 Å². The topological polar surface area (TPSA) is 17.1 Å². The molecule has 80 valence electrons. The molecule has 0 N–H and O–H groups in total. The number of rotatable bonds is 6. The van der Waals surface area contributed by atoms with E-state index in [9.17, 15) is 4.79 Å². The van der Waals surface area contributed by atoms with E-state index in [1.807, 2.05) is 13.8 Å². The molecule has 0 aromatic heterocycles. The number of Topliss-reactive ketones (excluding diaryl/α,β-unsaturated/α-hetero) is 1. The van der Waals surface area contributed by atoms with Gasteiger partial charge in [0.15, 0.2) is 5.78 Å². The summed E-state index contributed by atoms with van der Waals surface area (Å²) in [4.78, 5) is 11.2. The van der Waals surface area contributed by atoms with E-state index in [2.05, 4.69) is 20.1 Å². The highest BCUT2D eigenvalue weighted by molar-refractivity contribution is 5.97. The van der Waals surface area contributed by atoms with Crippen LogP contribution in [-0.2, 0) is 4.79 Å². The van der Waals surface area contributed by atoms with Crippen LogP contribution in [0.2, 0.25) is 0 Å². The molecule has 0 radical (unpaired) electrons. The fraction of sp³-hybridized carbons (Fsp3) is 0.462. The molecule has 0 amide bonds. The summed E-state index contributed by atoms with van der Waals surface area (Å²) < 4.78 is 0. The van der Waals surface area contributed by atoms with Crippen LogP contribution in [0.5, 0.6) is 0 Å². The van der Waals surface area contributed by atoms with Crippen molar-refractivity contribution in [2.45, 2.75) is 40.0 Å². The summed E-state index contributed by atoms with van der Waals surface area (Å²) in [5.74, 6) is 0.134. The molecule has 0 saturated carbocycles. The van der Waals surface area contributed by atoms with Crippen LogP contribution in [0.3, 0.4) is 0 Å². The molecule has 0 heterocycles. The molecule has 0 aromatic carbocycles. The first-order valence-corrected chi connectivity index (χ1v) is 5.23. The van der Waals surface area contributed by atoms with E-state index < -0.39 is 0 Å². The van der Waals surface area contributed by atoms with Crippen molar-refractivity contribution >= 4 is 5.78 Å². The molecule has 0 unspecified atom stereocenters. The average Bonchev–Trinajstić information content (AvgIpc) is 2.25. The van der Waals surface area contributed by atoms with Crippen LogP contribution >= 0.6 is 0 Å². The van der Waals surface area contributed by atoms with Gasteiger partial charge in [0.2, 0.25) is 0 Å². The van der Waals surface area contributed by atoms with E-state index in [1.165, 1.54) is 0 Å². The van der Waals surface area contributed by atoms with Gasteiger partial charge in [0, 0.05) is 12.0 Å². The number of hydrogen-bond donors (Lipinski definition) is 0. The summed E-state index contributed by atoms with van der Waals surface area (Å²) in [7, 11) is 0. The predicted octanol–water partition coefficient (Wildman–Crippen LogP) is 4.07. The summed E-state index contributed by atoms with van der Waals surface area (Å²) in [5.41, 5.74) is 0.573. The Morgan fingerprint density at radius 1 is 1.36 bits per heavy atom. The third-order valence-electron chi connectivity index (χ3n) is 1.55. The number of carbonyl (C=O) groups excluding carboxylic acids is 1. The molecule has 0 aliphatic rings. The minimum absolute atomic E-state index is 0.134. The first-order valence-electron chi connectivity index (χ1n) is 5.23. The summed E-state index contributed by atoms with van der Waals surface area (Å²) in [6.45, 7) is 13.2. The highest BCUT2D eigenvalue weighted by Gasteiger charge is 2.01. The Morgan fingerprint density at radius 3 is 2.36 bits per heavy atom. The molecule has 0 fully saturated rings. The lowest BCUT2D eigenvalue weighted by molar-refractivity contribution is -0.115. The molecule has 1 nitrogen and oxygen atoms in total. The molecule has 14 heavy (non-hydrogen) atoms. The summed E-state index contributed by atoms with van der Waals surface area (Å²) in [6.07, 6.45) is 7.66. The Balaban J connectivity index is 0. The molecule has 0 atom stereocenters. The van der Waals surface area contributed by atoms with Gasteiger partial charge in [-0.05, 0) is 6.42 Å². The van der Waals surface area contributed by atoms with Gasteiger partial charge in [0.05, 0.1) is 0 Å². The summed E-state index contributed by atoms with van der Waals surface area (Å²) >= 11 is 0. The Morgan fingerprint density at radius 2 is 1.93 bits per heavy atom. The fourth-order valence-corrected chi connectivity index (χ4v) is 0.775. The number of unbranched alkanes of at least 4 members (excludes halogenated alkanes) is 1. The van der Waals surface area contributed by atoms with Gasteiger partial charge in [-0.25, -0.2) is 0 Å². The van der Waals surface area contributed by atoms with E-state index >= 15 is 0 Å². The van der Waals surface area contributed by atoms with Crippen molar-refractivity contribution in [3.63, 3.8) is 0 Å². The molecule has 0 rings (SSSR count). The first-order chi connectivity index (χ1) is 6.72. The standard InChI is InChI=1S/C11H16O.C2H6/c1-4-6-8-10(3)11(12)9-7-5-2;1-2/h4,6,8H,1,3,5,7,9H2,2H3;1-2H3/b8-6-;. The number of allylic oxidation sites excluding steroid dienone is 4. The van der Waals surface area contributed by atoms with Crippen LogP contribution in [0.15, 0.2) is 37.0 Å². The van der Waals surface area contributed by atoms with Gasteiger partial charge in [0.1, 0.15) is 0 Å². The van der Waals surface area contributed by atoms with E-state index in [1.54, 1.807) is 18.2 Å². The summed E-state index contributed by atoms with van der Waals surface area (Å²) in [5, 5.41) is 0. The van der Waals surface area contributed by atoms with Crippen molar-refractivity contribution < 1.29 is 4.79 Å². The van der Waals surface area contributed by atoms with E-state index in [0.29, 0.717) is 12.0 Å². The average molecular weight is 194 g/mol. The van der Waals surface area contributed by atoms with Crippen molar-refractivity contribution in [3.05, 3.63) is 37.0 Å². The monoisotopic (exact) mass is 194 g/mol. The van der Waals surface area contributed by atoms with E-state index in [0.717, 1.165) is 12.8 Å². The first kappa shape index (κ1) is 15.4. The van der Waals surface area contributed by atoms with Crippen molar-refractivity contribution in [3.8, 4) is 0 Å². The fourth-order valence-electron chi connectivity index (χ4n) is 0.775. The van der Waals surface area contributed by atoms with Gasteiger partial charge in [-0.2, -0.15) is 0 Å². The van der Waals surface area contributed by atoms with Gasteiger partial charge < -0.3 is 0 Å². The van der Waals surface area contributed by atoms with Crippen molar-refractivity contribution in [1.29, 1.82) is 0 Å². The maximum Gasteiger partial charge on any atom is 0.162 e. The van der Waals surface area contributed by atoms with Crippen LogP contribution < -0.4 is 0 Å². The minimum atomic E-state index is 0.134.